The second kappa shape index (κ2) is 10.5. The summed E-state index contributed by atoms with van der Waals surface area (Å²) >= 11 is 11.9. The molecular formula is C24H21Cl2F4N5O3. The second-order valence-corrected chi connectivity index (χ2v) is 9.45. The molecule has 2 aromatic carbocycles. The smallest absolute Gasteiger partial charge is 0.385 e. The van der Waals surface area contributed by atoms with Gasteiger partial charge in [0.15, 0.2) is 17.8 Å². The predicted molar refractivity (Wildman–Crippen MR) is 132 cm³/mol. The van der Waals surface area contributed by atoms with Crippen LogP contribution in [0.1, 0.15) is 30.4 Å². The third-order valence-corrected chi connectivity index (χ3v) is 6.24. The van der Waals surface area contributed by atoms with Crippen molar-refractivity contribution in [3.8, 4) is 16.9 Å². The van der Waals surface area contributed by atoms with Gasteiger partial charge in [0.1, 0.15) is 11.9 Å². The van der Waals surface area contributed by atoms with Gasteiger partial charge in [-0.05, 0) is 44.2 Å². The molecule has 38 heavy (non-hydrogen) atoms. The molecule has 14 heteroatoms. The first kappa shape index (κ1) is 27.8. The van der Waals surface area contributed by atoms with Crippen molar-refractivity contribution in [3.63, 3.8) is 0 Å². The summed E-state index contributed by atoms with van der Waals surface area (Å²) in [4.78, 5) is 17.6. The topological polar surface area (TPSA) is 98.1 Å². The van der Waals surface area contributed by atoms with E-state index in [1.54, 1.807) is 0 Å². The Bertz CT molecular complexity index is 1510. The van der Waals surface area contributed by atoms with E-state index in [2.05, 4.69) is 10.1 Å². The Balaban J connectivity index is 1.83. The third kappa shape index (κ3) is 5.63. The number of rotatable bonds is 7. The van der Waals surface area contributed by atoms with Crippen LogP contribution in [-0.2, 0) is 13.1 Å². The monoisotopic (exact) mass is 573 g/mol. The molecule has 0 fully saturated rings. The Hall–Kier alpha value is -3.19. The van der Waals surface area contributed by atoms with Crippen LogP contribution in [0.3, 0.4) is 0 Å². The molecule has 0 bridgehead atoms. The number of hydrogen-bond donors (Lipinski definition) is 2. The maximum Gasteiger partial charge on any atom is 0.416 e. The van der Waals surface area contributed by atoms with Gasteiger partial charge in [0.25, 0.3) is 0 Å². The van der Waals surface area contributed by atoms with Gasteiger partial charge in [0.05, 0.1) is 24.5 Å². The quantitative estimate of drug-likeness (QED) is 0.313. The number of aliphatic hydroxyl groups excluding tert-OH is 2. The van der Waals surface area contributed by atoms with Crippen LogP contribution in [0.2, 0.25) is 10.0 Å². The van der Waals surface area contributed by atoms with Crippen LogP contribution >= 0.6 is 23.2 Å². The van der Waals surface area contributed by atoms with E-state index in [9.17, 15) is 32.6 Å². The van der Waals surface area contributed by atoms with Gasteiger partial charge in [-0.3, -0.25) is 9.13 Å². The molecule has 1 unspecified atom stereocenters. The molecule has 4 rings (SSSR count). The molecule has 2 atom stereocenters. The molecule has 2 N–H and O–H groups in total. The first-order valence-corrected chi connectivity index (χ1v) is 11.9. The summed E-state index contributed by atoms with van der Waals surface area (Å²) in [5.74, 6) is -0.610. The minimum Gasteiger partial charge on any atom is -0.385 e. The van der Waals surface area contributed by atoms with Crippen molar-refractivity contribution in [2.75, 3.05) is 0 Å². The Morgan fingerprint density at radius 3 is 2.26 bits per heavy atom. The van der Waals surface area contributed by atoms with E-state index in [0.717, 1.165) is 21.3 Å². The maximum atomic E-state index is 14.0. The molecule has 0 spiro atoms. The molecule has 0 radical (unpaired) electrons. The summed E-state index contributed by atoms with van der Waals surface area (Å²) in [7, 11) is 0. The Labute approximate surface area is 223 Å². The van der Waals surface area contributed by atoms with E-state index < -0.39 is 36.4 Å². The van der Waals surface area contributed by atoms with Crippen LogP contribution < -0.4 is 5.69 Å². The zero-order valence-corrected chi connectivity index (χ0v) is 21.4. The van der Waals surface area contributed by atoms with Crippen LogP contribution in [0.5, 0.6) is 0 Å². The van der Waals surface area contributed by atoms with E-state index in [4.69, 9.17) is 23.2 Å². The van der Waals surface area contributed by atoms with Gasteiger partial charge in [0.2, 0.25) is 0 Å². The number of alkyl halides is 3. The average molecular weight is 574 g/mol. The summed E-state index contributed by atoms with van der Waals surface area (Å²) in [6.07, 6.45) is -8.89. The number of imidazole rings is 1. The van der Waals surface area contributed by atoms with Gasteiger partial charge >= 0.3 is 11.9 Å². The lowest BCUT2D eigenvalue weighted by molar-refractivity contribution is -0.207. The predicted octanol–water partition coefficient (Wildman–Crippen LogP) is 4.68. The first-order chi connectivity index (χ1) is 17.8. The fourth-order valence-corrected chi connectivity index (χ4v) is 4.35. The average Bonchev–Trinajstić information content (AvgIpc) is 3.34. The third-order valence-electron chi connectivity index (χ3n) is 5.77. The van der Waals surface area contributed by atoms with Gasteiger partial charge in [-0.1, -0.05) is 35.3 Å². The summed E-state index contributed by atoms with van der Waals surface area (Å²) in [6.45, 7) is 1.60. The van der Waals surface area contributed by atoms with Gasteiger partial charge in [-0.15, -0.1) is 5.10 Å². The van der Waals surface area contributed by atoms with Gasteiger partial charge < -0.3 is 10.2 Å². The highest BCUT2D eigenvalue weighted by Crippen LogP contribution is 2.28. The molecule has 202 valence electrons. The van der Waals surface area contributed by atoms with Crippen LogP contribution in [0, 0.1) is 12.7 Å². The highest BCUT2D eigenvalue weighted by molar-refractivity contribution is 6.31. The van der Waals surface area contributed by atoms with E-state index >= 15 is 0 Å². The van der Waals surface area contributed by atoms with Gasteiger partial charge in [0, 0.05) is 21.3 Å². The van der Waals surface area contributed by atoms with Crippen molar-refractivity contribution >= 4 is 23.2 Å². The molecule has 0 aliphatic rings. The molecule has 8 nitrogen and oxygen atoms in total. The Morgan fingerprint density at radius 1 is 1.03 bits per heavy atom. The van der Waals surface area contributed by atoms with Crippen LogP contribution in [0.25, 0.3) is 16.9 Å². The van der Waals surface area contributed by atoms with Crippen molar-refractivity contribution in [1.29, 1.82) is 0 Å². The summed E-state index contributed by atoms with van der Waals surface area (Å²) in [6, 6.07) is 9.73. The lowest BCUT2D eigenvalue weighted by Gasteiger charge is -2.16. The minimum absolute atomic E-state index is 0.0164. The Kier molecular flexibility index (Phi) is 7.71. The van der Waals surface area contributed by atoms with Crippen molar-refractivity contribution in [3.05, 3.63) is 86.2 Å². The molecular weight excluding hydrogens is 553 g/mol. The van der Waals surface area contributed by atoms with Crippen molar-refractivity contribution < 1.29 is 27.8 Å². The summed E-state index contributed by atoms with van der Waals surface area (Å²) < 4.78 is 56.6. The fourth-order valence-electron chi connectivity index (χ4n) is 4.01. The molecule has 0 aliphatic heterocycles. The number of aromatic nitrogens is 5. The normalized spacial score (nSPS) is 13.6. The SMILES string of the molecule is Cc1c(-c2ccc(Cl)cc2)n(CC(O)C(F)(F)F)c(=O)n1Cc1nc([C@H](C)O)n(-c2cc(F)cc(Cl)c2)n1. The molecule has 2 heterocycles. The second-order valence-electron chi connectivity index (χ2n) is 8.58. The van der Waals surface area contributed by atoms with Gasteiger partial charge in [-0.25, -0.2) is 18.9 Å². The van der Waals surface area contributed by atoms with Crippen LogP contribution in [0.15, 0.2) is 47.3 Å². The van der Waals surface area contributed by atoms with E-state index in [-0.39, 0.29) is 40.3 Å². The maximum absolute atomic E-state index is 14.0. The largest absolute Gasteiger partial charge is 0.416 e. The Morgan fingerprint density at radius 2 is 1.68 bits per heavy atom. The molecule has 0 amide bonds. The van der Waals surface area contributed by atoms with Crippen LogP contribution in [-0.4, -0.2) is 46.4 Å². The van der Waals surface area contributed by atoms with Crippen molar-refractivity contribution in [2.45, 2.75) is 45.3 Å². The molecule has 4 aromatic rings. The molecule has 2 aromatic heterocycles. The molecule has 0 saturated carbocycles. The van der Waals surface area contributed by atoms with Gasteiger partial charge in [-0.2, -0.15) is 13.2 Å². The summed E-state index contributed by atoms with van der Waals surface area (Å²) in [5.41, 5.74) is 0.133. The number of benzene rings is 2. The molecule has 0 aliphatic carbocycles. The fraction of sp³-hybridized carbons (Fsp3) is 0.292. The zero-order chi connectivity index (χ0) is 27.9. The zero-order valence-electron chi connectivity index (χ0n) is 19.9. The van der Waals surface area contributed by atoms with Crippen molar-refractivity contribution in [1.82, 2.24) is 23.9 Å². The number of halogens is 6. The van der Waals surface area contributed by atoms with E-state index in [1.807, 2.05) is 0 Å². The number of aliphatic hydroxyl groups is 2. The standard InChI is InChI=1S/C24H21Cl2F4N5O3/c1-12-21(14-3-5-15(25)6-4-14)34(10-19(37)24(28,29)30)23(38)33(12)11-20-31-22(13(2)36)35(32-20)18-8-16(26)7-17(27)9-18/h3-9,13,19,36-37H,10-11H2,1-2H3/t13-,19?/m0/s1. The number of nitrogens with zero attached hydrogens (tertiary/aromatic N) is 5. The van der Waals surface area contributed by atoms with Crippen LogP contribution in [0.4, 0.5) is 17.6 Å². The summed E-state index contributed by atoms with van der Waals surface area (Å²) in [5, 5.41) is 24.7. The first-order valence-electron chi connectivity index (χ1n) is 11.2. The highest BCUT2D eigenvalue weighted by Gasteiger charge is 2.39. The lowest BCUT2D eigenvalue weighted by atomic mass is 10.1. The highest BCUT2D eigenvalue weighted by atomic mass is 35.5. The van der Waals surface area contributed by atoms with Crippen molar-refractivity contribution in [2.24, 2.45) is 0 Å². The lowest BCUT2D eigenvalue weighted by Crippen LogP contribution is -2.37. The molecule has 0 saturated heterocycles. The van der Waals surface area contributed by atoms with E-state index in [0.29, 0.717) is 10.6 Å². The minimum atomic E-state index is -4.95. The number of hydrogen-bond acceptors (Lipinski definition) is 5. The van der Waals surface area contributed by atoms with E-state index in [1.165, 1.54) is 48.9 Å².